The zero-order valence-electron chi connectivity index (χ0n) is 20.2. The predicted molar refractivity (Wildman–Crippen MR) is 131 cm³/mol. The van der Waals surface area contributed by atoms with Crippen LogP contribution in [0, 0.1) is 0 Å². The highest BCUT2D eigenvalue weighted by atomic mass is 16.5. The Balaban J connectivity index is 1.55. The summed E-state index contributed by atoms with van der Waals surface area (Å²) in [7, 11) is 3.20. The summed E-state index contributed by atoms with van der Waals surface area (Å²) < 4.78 is 21.7. The van der Waals surface area contributed by atoms with Crippen LogP contribution in [0.15, 0.2) is 47.1 Å². The molecule has 0 atom stereocenters. The molecule has 0 unspecified atom stereocenters. The molecule has 182 valence electrons. The van der Waals surface area contributed by atoms with E-state index in [1.54, 1.807) is 14.2 Å². The van der Waals surface area contributed by atoms with Gasteiger partial charge in [0.25, 0.3) is 5.89 Å². The Morgan fingerprint density at radius 1 is 1.11 bits per heavy atom. The first-order valence-electron chi connectivity index (χ1n) is 11.9. The van der Waals surface area contributed by atoms with Gasteiger partial charge in [0.15, 0.2) is 17.3 Å². The van der Waals surface area contributed by atoms with Crippen molar-refractivity contribution in [1.82, 2.24) is 15.1 Å². The predicted octanol–water partition coefficient (Wildman–Crippen LogP) is 5.20. The van der Waals surface area contributed by atoms with E-state index in [4.69, 9.17) is 23.7 Å². The lowest BCUT2D eigenvalue weighted by molar-refractivity contribution is -0.142. The molecule has 2 aromatic heterocycles. The lowest BCUT2D eigenvalue weighted by Crippen LogP contribution is -2.26. The Hall–Kier alpha value is -3.81. The van der Waals surface area contributed by atoms with E-state index in [1.807, 2.05) is 43.5 Å². The first-order chi connectivity index (χ1) is 17.1. The number of para-hydroxylation sites is 1. The number of fused-ring (bicyclic) bond motifs is 1. The average molecular weight is 476 g/mol. The number of esters is 1. The molecule has 1 saturated carbocycles. The molecular weight excluding hydrogens is 446 g/mol. The number of methoxy groups -OCH3 is 2. The molecule has 8 heteroatoms. The Morgan fingerprint density at radius 2 is 1.91 bits per heavy atom. The Kier molecular flexibility index (Phi) is 6.19. The summed E-state index contributed by atoms with van der Waals surface area (Å²) in [6, 6.07) is 11.8. The molecular formula is C27H29N3O5. The molecule has 8 nitrogen and oxygen atoms in total. The van der Waals surface area contributed by atoms with Gasteiger partial charge in [0.05, 0.1) is 32.7 Å². The smallest absolute Gasteiger partial charge is 0.310 e. The molecule has 2 heterocycles. The summed E-state index contributed by atoms with van der Waals surface area (Å²) in [6.07, 6.45) is 6.13. The van der Waals surface area contributed by atoms with Crippen LogP contribution in [0.4, 0.5) is 0 Å². The number of aromatic nitrogens is 3. The van der Waals surface area contributed by atoms with Gasteiger partial charge < -0.3 is 23.7 Å². The van der Waals surface area contributed by atoms with E-state index in [0.29, 0.717) is 29.8 Å². The lowest BCUT2D eigenvalue weighted by Gasteiger charge is -2.26. The first-order valence-corrected chi connectivity index (χ1v) is 11.9. The number of H-pyrrole nitrogens is 1. The van der Waals surface area contributed by atoms with E-state index in [1.165, 1.54) is 0 Å². The number of benzene rings is 2. The minimum atomic E-state index is -0.371. The SMILES string of the molecule is CCOC(=O)Cc1c[nH]c2c(C3(c4noc(-c5ccc(OC)c(OC)c5)n4)CCCC3)cccc12. The highest BCUT2D eigenvalue weighted by Gasteiger charge is 2.43. The van der Waals surface area contributed by atoms with Crippen LogP contribution in [0.5, 0.6) is 11.5 Å². The van der Waals surface area contributed by atoms with Crippen molar-refractivity contribution in [3.05, 3.63) is 59.5 Å². The van der Waals surface area contributed by atoms with Crippen LogP contribution in [0.3, 0.4) is 0 Å². The monoisotopic (exact) mass is 475 g/mol. The summed E-state index contributed by atoms with van der Waals surface area (Å²) >= 11 is 0. The molecule has 1 aliphatic carbocycles. The maximum atomic E-state index is 12.1. The van der Waals surface area contributed by atoms with Crippen LogP contribution in [0.2, 0.25) is 0 Å². The minimum Gasteiger partial charge on any atom is -0.493 e. The van der Waals surface area contributed by atoms with Gasteiger partial charge in [0.2, 0.25) is 0 Å². The standard InChI is InChI=1S/C27H29N3O5/c1-4-34-23(31)15-18-16-28-24-19(18)8-7-9-20(24)27(12-5-6-13-27)26-29-25(35-30-26)17-10-11-21(32-2)22(14-17)33-3/h7-11,14,16,28H,4-6,12-13,15H2,1-3H3. The van der Waals surface area contributed by atoms with Crippen LogP contribution >= 0.6 is 0 Å². The number of aromatic amines is 1. The molecule has 1 N–H and O–H groups in total. The van der Waals surface area contributed by atoms with Gasteiger partial charge in [-0.05, 0) is 49.1 Å². The second-order valence-electron chi connectivity index (χ2n) is 8.81. The van der Waals surface area contributed by atoms with Gasteiger partial charge in [-0.3, -0.25) is 4.79 Å². The molecule has 0 spiro atoms. The Labute approximate surface area is 203 Å². The Morgan fingerprint density at radius 3 is 2.66 bits per heavy atom. The third-order valence-electron chi connectivity index (χ3n) is 6.90. The van der Waals surface area contributed by atoms with E-state index in [9.17, 15) is 4.79 Å². The number of carbonyl (C=O) groups excluding carboxylic acids is 1. The zero-order chi connectivity index (χ0) is 24.4. The Bertz CT molecular complexity index is 1350. The van der Waals surface area contributed by atoms with E-state index >= 15 is 0 Å². The van der Waals surface area contributed by atoms with Crippen LogP contribution in [0.1, 0.15) is 49.6 Å². The fourth-order valence-electron chi connectivity index (χ4n) is 5.22. The van der Waals surface area contributed by atoms with Crippen molar-refractivity contribution in [2.45, 2.75) is 44.4 Å². The molecule has 0 radical (unpaired) electrons. The van der Waals surface area contributed by atoms with Crippen LogP contribution < -0.4 is 9.47 Å². The highest BCUT2D eigenvalue weighted by Crippen LogP contribution is 2.48. The third-order valence-corrected chi connectivity index (χ3v) is 6.90. The number of nitrogens with zero attached hydrogens (tertiary/aromatic N) is 2. The molecule has 4 aromatic rings. The number of hydrogen-bond acceptors (Lipinski definition) is 7. The summed E-state index contributed by atoms with van der Waals surface area (Å²) in [4.78, 5) is 20.4. The first kappa shape index (κ1) is 23.0. The molecule has 0 aliphatic heterocycles. The third kappa shape index (κ3) is 4.03. The molecule has 2 aromatic carbocycles. The van der Waals surface area contributed by atoms with Crippen molar-refractivity contribution >= 4 is 16.9 Å². The summed E-state index contributed by atoms with van der Waals surface area (Å²) in [5.41, 5.74) is 3.45. The van der Waals surface area contributed by atoms with E-state index < -0.39 is 0 Å². The quantitative estimate of drug-likeness (QED) is 0.350. The lowest BCUT2D eigenvalue weighted by atomic mass is 9.77. The molecule has 1 aliphatic rings. The van der Waals surface area contributed by atoms with Gasteiger partial charge in [-0.1, -0.05) is 36.2 Å². The second-order valence-corrected chi connectivity index (χ2v) is 8.81. The van der Waals surface area contributed by atoms with E-state index in [0.717, 1.165) is 53.3 Å². The van der Waals surface area contributed by atoms with Crippen molar-refractivity contribution in [2.75, 3.05) is 20.8 Å². The summed E-state index contributed by atoms with van der Waals surface area (Å²) in [6.45, 7) is 2.19. The summed E-state index contributed by atoms with van der Waals surface area (Å²) in [5.74, 6) is 2.13. The van der Waals surface area contributed by atoms with Crippen molar-refractivity contribution in [2.24, 2.45) is 0 Å². The van der Waals surface area contributed by atoms with Gasteiger partial charge >= 0.3 is 5.97 Å². The normalized spacial score (nSPS) is 14.8. The van der Waals surface area contributed by atoms with E-state index in [-0.39, 0.29) is 17.8 Å². The minimum absolute atomic E-state index is 0.230. The largest absolute Gasteiger partial charge is 0.493 e. The van der Waals surface area contributed by atoms with Crippen molar-refractivity contribution in [1.29, 1.82) is 0 Å². The van der Waals surface area contributed by atoms with E-state index in [2.05, 4.69) is 16.2 Å². The molecule has 0 bridgehead atoms. The number of hydrogen-bond donors (Lipinski definition) is 1. The number of rotatable bonds is 8. The van der Waals surface area contributed by atoms with Crippen LogP contribution in [0.25, 0.3) is 22.4 Å². The van der Waals surface area contributed by atoms with Gasteiger partial charge in [0, 0.05) is 22.7 Å². The average Bonchev–Trinajstić information content (AvgIpc) is 3.64. The fourth-order valence-corrected chi connectivity index (χ4v) is 5.22. The van der Waals surface area contributed by atoms with Crippen molar-refractivity contribution < 1.29 is 23.5 Å². The number of nitrogens with one attached hydrogen (secondary N) is 1. The zero-order valence-corrected chi connectivity index (χ0v) is 20.2. The van der Waals surface area contributed by atoms with Gasteiger partial charge in [-0.25, -0.2) is 0 Å². The molecule has 1 fully saturated rings. The molecule has 0 amide bonds. The van der Waals surface area contributed by atoms with Crippen LogP contribution in [-0.2, 0) is 21.4 Å². The highest BCUT2D eigenvalue weighted by molar-refractivity contribution is 5.90. The second kappa shape index (κ2) is 9.44. The topological polar surface area (TPSA) is 99.5 Å². The molecule has 0 saturated heterocycles. The van der Waals surface area contributed by atoms with Crippen molar-refractivity contribution in [3.63, 3.8) is 0 Å². The fraction of sp³-hybridized carbons (Fsp3) is 0.370. The number of carbonyl (C=O) groups is 1. The van der Waals surface area contributed by atoms with Gasteiger partial charge in [0.1, 0.15) is 0 Å². The molecule has 5 rings (SSSR count). The summed E-state index contributed by atoms with van der Waals surface area (Å²) in [5, 5.41) is 5.48. The van der Waals surface area contributed by atoms with Gasteiger partial charge in [-0.15, -0.1) is 0 Å². The van der Waals surface area contributed by atoms with Crippen molar-refractivity contribution in [3.8, 4) is 23.0 Å². The molecule has 35 heavy (non-hydrogen) atoms. The maximum Gasteiger partial charge on any atom is 0.310 e. The van der Waals surface area contributed by atoms with Crippen LogP contribution in [-0.4, -0.2) is 41.9 Å². The van der Waals surface area contributed by atoms with Gasteiger partial charge in [-0.2, -0.15) is 4.98 Å². The maximum absolute atomic E-state index is 12.1. The number of ether oxygens (including phenoxy) is 3.